The van der Waals surface area contributed by atoms with Gasteiger partial charge in [0, 0.05) is 16.1 Å². The third kappa shape index (κ3) is 4.69. The fourth-order valence-electron chi connectivity index (χ4n) is 3.61. The van der Waals surface area contributed by atoms with Crippen molar-refractivity contribution in [3.63, 3.8) is 0 Å². The molecule has 2 amide bonds. The first-order chi connectivity index (χ1) is 15.5. The van der Waals surface area contributed by atoms with Crippen molar-refractivity contribution in [2.24, 2.45) is 0 Å². The number of carbonyl (C=O) groups is 2. The number of thiazole rings is 1. The van der Waals surface area contributed by atoms with E-state index in [-0.39, 0.29) is 25.0 Å². The summed E-state index contributed by atoms with van der Waals surface area (Å²) in [7, 11) is 0. The van der Waals surface area contributed by atoms with Crippen LogP contribution in [0.25, 0.3) is 0 Å². The summed E-state index contributed by atoms with van der Waals surface area (Å²) < 4.78 is 18.8. The average Bonchev–Trinajstić information content (AvgIpc) is 3.20. The zero-order valence-corrected chi connectivity index (χ0v) is 18.1. The third-order valence-corrected chi connectivity index (χ3v) is 6.33. The van der Waals surface area contributed by atoms with Crippen LogP contribution in [0.1, 0.15) is 32.6 Å². The van der Waals surface area contributed by atoms with Crippen LogP contribution in [0.2, 0.25) is 0 Å². The van der Waals surface area contributed by atoms with E-state index in [0.717, 1.165) is 16.1 Å². The molecule has 1 fully saturated rings. The first kappa shape index (κ1) is 22.1. The topological polar surface area (TPSA) is 91.8 Å². The number of rotatable bonds is 6. The van der Waals surface area contributed by atoms with Gasteiger partial charge in [-0.15, -0.1) is 11.3 Å². The minimum atomic E-state index is -0.544. The monoisotopic (exact) mass is 455 g/mol. The van der Waals surface area contributed by atoms with Crippen LogP contribution in [0, 0.1) is 12.7 Å². The van der Waals surface area contributed by atoms with Crippen molar-refractivity contribution >= 4 is 28.8 Å². The third-order valence-electron chi connectivity index (χ3n) is 5.41. The van der Waals surface area contributed by atoms with E-state index in [2.05, 4.69) is 10.3 Å². The van der Waals surface area contributed by atoms with E-state index in [0.29, 0.717) is 17.8 Å². The number of anilines is 1. The number of hydrogen-bond donors (Lipinski definition) is 2. The zero-order chi connectivity index (χ0) is 22.7. The number of aliphatic hydroxyl groups excluding tert-OH is 1. The van der Waals surface area contributed by atoms with Gasteiger partial charge in [-0.05, 0) is 48.9 Å². The second-order valence-electron chi connectivity index (χ2n) is 7.45. The Kier molecular flexibility index (Phi) is 6.59. The summed E-state index contributed by atoms with van der Waals surface area (Å²) in [6, 6.07) is 11.8. The van der Waals surface area contributed by atoms with Gasteiger partial charge < -0.3 is 20.1 Å². The SMILES string of the molecule is Cc1ncsc1CN1C(=O)CO[C@H](c2ccc(NC(=O)c3ccc(F)cc3)cc2)[C@H]1CO. The summed E-state index contributed by atoms with van der Waals surface area (Å²) >= 11 is 1.47. The number of nitrogens with one attached hydrogen (secondary N) is 1. The molecule has 1 aromatic heterocycles. The molecule has 0 saturated carbocycles. The predicted octanol–water partition coefficient (Wildman–Crippen LogP) is 3.30. The van der Waals surface area contributed by atoms with Crippen molar-refractivity contribution in [2.45, 2.75) is 25.6 Å². The standard InChI is InChI=1S/C23H22FN3O4S/c1-14-20(32-13-25-14)10-27-19(11-28)22(31-12-21(27)29)15-4-8-18(9-5-15)26-23(30)16-2-6-17(24)7-3-16/h2-9,13,19,22,28H,10-12H2,1H3,(H,26,30)/t19-,22-/m1/s1. The zero-order valence-electron chi connectivity index (χ0n) is 17.3. The maximum Gasteiger partial charge on any atom is 0.255 e. The van der Waals surface area contributed by atoms with Gasteiger partial charge in [0.2, 0.25) is 5.91 Å². The lowest BCUT2D eigenvalue weighted by Gasteiger charge is -2.40. The summed E-state index contributed by atoms with van der Waals surface area (Å²) in [5.74, 6) is -0.942. The Morgan fingerprint density at radius 1 is 1.25 bits per heavy atom. The molecule has 0 spiro atoms. The van der Waals surface area contributed by atoms with Crippen molar-refractivity contribution in [3.05, 3.63) is 81.6 Å². The maximum atomic E-state index is 13.0. The van der Waals surface area contributed by atoms with E-state index < -0.39 is 18.0 Å². The molecule has 2 N–H and O–H groups in total. The fraction of sp³-hybridized carbons (Fsp3) is 0.261. The number of aliphatic hydroxyl groups is 1. The number of benzene rings is 2. The van der Waals surface area contributed by atoms with Crippen LogP contribution in [-0.2, 0) is 16.1 Å². The number of amides is 2. The second kappa shape index (κ2) is 9.56. The molecule has 166 valence electrons. The lowest BCUT2D eigenvalue weighted by Crippen LogP contribution is -2.52. The van der Waals surface area contributed by atoms with Gasteiger partial charge in [-0.25, -0.2) is 9.37 Å². The van der Waals surface area contributed by atoms with Gasteiger partial charge in [0.25, 0.3) is 5.91 Å². The Bertz CT molecular complexity index is 1100. The second-order valence-corrected chi connectivity index (χ2v) is 8.39. The summed E-state index contributed by atoms with van der Waals surface area (Å²) in [5, 5.41) is 12.8. The number of halogens is 1. The Labute approximate surface area is 188 Å². The normalized spacial score (nSPS) is 18.6. The Balaban J connectivity index is 1.48. The molecule has 0 aliphatic carbocycles. The Morgan fingerprint density at radius 3 is 2.59 bits per heavy atom. The molecule has 9 heteroatoms. The lowest BCUT2D eigenvalue weighted by atomic mass is 9.99. The molecular weight excluding hydrogens is 433 g/mol. The maximum absolute atomic E-state index is 13.0. The number of aromatic nitrogens is 1. The number of nitrogens with zero attached hydrogens (tertiary/aromatic N) is 2. The van der Waals surface area contributed by atoms with Crippen molar-refractivity contribution < 1.29 is 23.8 Å². The highest BCUT2D eigenvalue weighted by molar-refractivity contribution is 7.09. The van der Waals surface area contributed by atoms with Crippen molar-refractivity contribution in [1.29, 1.82) is 0 Å². The van der Waals surface area contributed by atoms with Crippen LogP contribution < -0.4 is 5.32 Å². The Morgan fingerprint density at radius 2 is 1.97 bits per heavy atom. The van der Waals surface area contributed by atoms with E-state index >= 15 is 0 Å². The molecule has 1 aliphatic rings. The highest BCUT2D eigenvalue weighted by Crippen LogP contribution is 2.31. The fourth-order valence-corrected chi connectivity index (χ4v) is 4.39. The van der Waals surface area contributed by atoms with Crippen molar-refractivity contribution in [1.82, 2.24) is 9.88 Å². The van der Waals surface area contributed by atoms with Crippen LogP contribution in [0.5, 0.6) is 0 Å². The van der Waals surface area contributed by atoms with Crippen LogP contribution in [0.3, 0.4) is 0 Å². The smallest absolute Gasteiger partial charge is 0.255 e. The van der Waals surface area contributed by atoms with Gasteiger partial charge >= 0.3 is 0 Å². The van der Waals surface area contributed by atoms with E-state index in [1.54, 1.807) is 34.7 Å². The van der Waals surface area contributed by atoms with E-state index in [9.17, 15) is 19.1 Å². The largest absolute Gasteiger partial charge is 0.394 e. The van der Waals surface area contributed by atoms with Crippen LogP contribution >= 0.6 is 11.3 Å². The van der Waals surface area contributed by atoms with Crippen LogP contribution in [0.4, 0.5) is 10.1 Å². The molecule has 0 bridgehead atoms. The number of ether oxygens (including phenoxy) is 1. The first-order valence-corrected chi connectivity index (χ1v) is 10.9. The molecule has 0 radical (unpaired) electrons. The molecule has 32 heavy (non-hydrogen) atoms. The summed E-state index contributed by atoms with van der Waals surface area (Å²) in [5.41, 5.74) is 4.29. The summed E-state index contributed by atoms with van der Waals surface area (Å²) in [6.45, 7) is 1.92. The Hall–Kier alpha value is -3.14. The number of morpholine rings is 1. The number of hydrogen-bond acceptors (Lipinski definition) is 6. The summed E-state index contributed by atoms with van der Waals surface area (Å²) in [6.07, 6.45) is -0.507. The van der Waals surface area contributed by atoms with E-state index in [1.165, 1.54) is 35.6 Å². The van der Waals surface area contributed by atoms with E-state index in [1.807, 2.05) is 6.92 Å². The minimum Gasteiger partial charge on any atom is -0.394 e. The highest BCUT2D eigenvalue weighted by atomic mass is 32.1. The number of carbonyl (C=O) groups excluding carboxylic acids is 2. The quantitative estimate of drug-likeness (QED) is 0.595. The van der Waals surface area contributed by atoms with Gasteiger partial charge in [0.15, 0.2) is 0 Å². The summed E-state index contributed by atoms with van der Waals surface area (Å²) in [4.78, 5) is 31.7. The minimum absolute atomic E-state index is 0.0813. The van der Waals surface area contributed by atoms with Gasteiger partial charge in [0.05, 0.1) is 30.4 Å². The van der Waals surface area contributed by atoms with E-state index in [4.69, 9.17) is 4.74 Å². The molecule has 4 rings (SSSR count). The molecule has 1 saturated heterocycles. The molecule has 3 aromatic rings. The molecule has 7 nitrogen and oxygen atoms in total. The molecule has 2 heterocycles. The number of aryl methyl sites for hydroxylation is 1. The van der Waals surface area contributed by atoms with Gasteiger partial charge in [0.1, 0.15) is 18.5 Å². The van der Waals surface area contributed by atoms with Crippen molar-refractivity contribution in [3.8, 4) is 0 Å². The predicted molar refractivity (Wildman–Crippen MR) is 118 cm³/mol. The first-order valence-electron chi connectivity index (χ1n) is 10.0. The molecule has 1 aliphatic heterocycles. The molecule has 2 atom stereocenters. The van der Waals surface area contributed by atoms with Gasteiger partial charge in [-0.2, -0.15) is 0 Å². The molecular formula is C23H22FN3O4S. The van der Waals surface area contributed by atoms with Gasteiger partial charge in [-0.3, -0.25) is 9.59 Å². The van der Waals surface area contributed by atoms with Crippen molar-refractivity contribution in [2.75, 3.05) is 18.5 Å². The van der Waals surface area contributed by atoms with Crippen LogP contribution in [0.15, 0.2) is 54.0 Å². The molecule has 0 unspecified atom stereocenters. The average molecular weight is 456 g/mol. The van der Waals surface area contributed by atoms with Crippen LogP contribution in [-0.4, -0.2) is 46.1 Å². The highest BCUT2D eigenvalue weighted by Gasteiger charge is 2.37. The van der Waals surface area contributed by atoms with Gasteiger partial charge in [-0.1, -0.05) is 12.1 Å². The lowest BCUT2D eigenvalue weighted by molar-refractivity contribution is -0.161. The molecule has 2 aromatic carbocycles.